The van der Waals surface area contributed by atoms with E-state index in [2.05, 4.69) is 53.0 Å². The summed E-state index contributed by atoms with van der Waals surface area (Å²) in [6.07, 6.45) is 0. The van der Waals surface area contributed by atoms with E-state index in [1.165, 1.54) is 27.4 Å². The molecular weight excluding hydrogens is 216 g/mol. The van der Waals surface area contributed by atoms with Gasteiger partial charge in [0.1, 0.15) is 0 Å². The molecule has 1 aliphatic carbocycles. The molecule has 0 amide bonds. The van der Waals surface area contributed by atoms with Crippen LogP contribution in [0.15, 0.2) is 42.5 Å². The zero-order valence-corrected chi connectivity index (χ0v) is 9.95. The van der Waals surface area contributed by atoms with Gasteiger partial charge in [0.15, 0.2) is 0 Å². The maximum Gasteiger partial charge on any atom is 0.257 e. The van der Waals surface area contributed by atoms with Crippen molar-refractivity contribution in [2.24, 2.45) is 0 Å². The van der Waals surface area contributed by atoms with Gasteiger partial charge in [-0.2, -0.15) is 0 Å². The summed E-state index contributed by atoms with van der Waals surface area (Å²) in [6.45, 7) is 0. The molecule has 1 nitrogen and oxygen atoms in total. The topological polar surface area (TPSA) is 9.23 Å². The Hall–Kier alpha value is -1.17. The van der Waals surface area contributed by atoms with E-state index in [4.69, 9.17) is 4.12 Å². The number of hydrogen-bond donors (Lipinski definition) is 0. The van der Waals surface area contributed by atoms with Crippen molar-refractivity contribution >= 4 is 25.4 Å². The third-order valence-corrected chi connectivity index (χ3v) is 3.76. The van der Waals surface area contributed by atoms with Crippen LogP contribution in [0.3, 0.4) is 0 Å². The second kappa shape index (κ2) is 3.45. The first-order valence-electron chi connectivity index (χ1n) is 4.73. The van der Waals surface area contributed by atoms with Gasteiger partial charge in [0.05, 0.1) is 0 Å². The summed E-state index contributed by atoms with van der Waals surface area (Å²) in [5, 5.41) is 1.27. The van der Waals surface area contributed by atoms with Crippen LogP contribution < -0.4 is 5.19 Å². The van der Waals surface area contributed by atoms with Gasteiger partial charge in [0.25, 0.3) is 9.76 Å². The fourth-order valence-electron chi connectivity index (χ4n) is 2.08. The molecule has 0 fully saturated rings. The Labute approximate surface area is 94.6 Å². The van der Waals surface area contributed by atoms with Gasteiger partial charge in [0.2, 0.25) is 10.5 Å². The highest BCUT2D eigenvalue weighted by Gasteiger charge is 2.24. The minimum Gasteiger partial charge on any atom is -0.454 e. The Morgan fingerprint density at radius 1 is 0.867 bits per heavy atom. The summed E-state index contributed by atoms with van der Waals surface area (Å²) in [7, 11) is 3.43. The van der Waals surface area contributed by atoms with Crippen LogP contribution in [-0.2, 0) is 4.12 Å². The lowest BCUT2D eigenvalue weighted by Gasteiger charge is -2.26. The van der Waals surface area contributed by atoms with Crippen molar-refractivity contribution in [2.75, 3.05) is 0 Å². The molecule has 0 atom stereocenters. The van der Waals surface area contributed by atoms with Crippen LogP contribution in [0.25, 0.3) is 22.3 Å². The maximum atomic E-state index is 5.05. The summed E-state index contributed by atoms with van der Waals surface area (Å²) >= 11 is 0. The number of hydrogen-bond acceptors (Lipinski definition) is 1. The molecule has 0 aromatic heterocycles. The molecule has 0 spiro atoms. The van der Waals surface area contributed by atoms with E-state index in [1.54, 1.807) is 0 Å². The fourth-order valence-corrected chi connectivity index (χ4v) is 3.06. The average Bonchev–Trinajstić information content (AvgIpc) is 2.26. The quantitative estimate of drug-likeness (QED) is 0.601. The Balaban J connectivity index is 2.16. The van der Waals surface area contributed by atoms with Crippen molar-refractivity contribution in [1.29, 1.82) is 0 Å². The highest BCUT2D eigenvalue weighted by atomic mass is 28.3. The zero-order valence-electron chi connectivity index (χ0n) is 7.95. The predicted octanol–water partition coefficient (Wildman–Crippen LogP) is 1.68. The molecular formula is C12H7OSi2. The maximum absolute atomic E-state index is 5.05. The van der Waals surface area contributed by atoms with E-state index in [0.29, 0.717) is 9.76 Å². The van der Waals surface area contributed by atoms with Gasteiger partial charge in [-0.1, -0.05) is 42.5 Å². The highest BCUT2D eigenvalue weighted by molar-refractivity contribution is 6.54. The Bertz CT molecular complexity index is 523. The van der Waals surface area contributed by atoms with Crippen molar-refractivity contribution in [2.45, 2.75) is 0 Å². The summed E-state index contributed by atoms with van der Waals surface area (Å²) in [4.78, 5) is 0. The smallest absolute Gasteiger partial charge is 0.257 e. The number of fused-ring (bicyclic) bond motifs is 4. The molecule has 5 radical (unpaired) electrons. The van der Waals surface area contributed by atoms with E-state index < -0.39 is 0 Å². The van der Waals surface area contributed by atoms with Gasteiger partial charge in [-0.25, -0.2) is 0 Å². The molecule has 0 aliphatic heterocycles. The van der Waals surface area contributed by atoms with Gasteiger partial charge in [-0.05, 0) is 27.4 Å². The molecule has 3 heteroatoms. The van der Waals surface area contributed by atoms with Crippen molar-refractivity contribution in [3.63, 3.8) is 0 Å². The molecule has 0 N–H and O–H groups in total. The van der Waals surface area contributed by atoms with E-state index in [0.717, 1.165) is 0 Å². The second-order valence-electron chi connectivity index (χ2n) is 3.48. The lowest BCUT2D eigenvalue weighted by atomic mass is 9.81. The average molecular weight is 223 g/mol. The third kappa shape index (κ3) is 1.24. The van der Waals surface area contributed by atoms with E-state index in [-0.39, 0.29) is 0 Å². The third-order valence-electron chi connectivity index (χ3n) is 2.71. The standard InChI is InChI=1S/C12H7OSi2/c14-13-15-11-7-3-6-10-8-4-1-2-5-9(8)12(10)11/h1-7H. The van der Waals surface area contributed by atoms with Crippen molar-refractivity contribution in [3.05, 3.63) is 42.5 Å². The van der Waals surface area contributed by atoms with Crippen LogP contribution in [0.4, 0.5) is 0 Å². The summed E-state index contributed by atoms with van der Waals surface area (Å²) in [5.74, 6) is 0. The SMILES string of the molecule is [Si]O[Si]c1cccc2c1-c1ccccc1-2. The molecule has 0 saturated carbocycles. The highest BCUT2D eigenvalue weighted by Crippen LogP contribution is 2.45. The normalized spacial score (nSPS) is 11.5. The van der Waals surface area contributed by atoms with Gasteiger partial charge in [-0.3, -0.25) is 0 Å². The van der Waals surface area contributed by atoms with Gasteiger partial charge < -0.3 is 4.12 Å². The van der Waals surface area contributed by atoms with Crippen LogP contribution in [0.1, 0.15) is 0 Å². The molecule has 2 aromatic carbocycles. The van der Waals surface area contributed by atoms with Gasteiger partial charge in [0, 0.05) is 0 Å². The van der Waals surface area contributed by atoms with Crippen molar-refractivity contribution in [3.8, 4) is 22.3 Å². The first-order chi connectivity index (χ1) is 7.42. The number of rotatable bonds is 2. The first-order valence-corrected chi connectivity index (χ1v) is 6.05. The monoisotopic (exact) mass is 223 g/mol. The lowest BCUT2D eigenvalue weighted by molar-refractivity contribution is 0.676. The Kier molecular flexibility index (Phi) is 2.09. The summed E-state index contributed by atoms with van der Waals surface area (Å²) in [5.41, 5.74) is 5.40. The molecule has 3 rings (SSSR count). The fraction of sp³-hybridized carbons (Fsp3) is 0. The van der Waals surface area contributed by atoms with Gasteiger partial charge >= 0.3 is 0 Å². The second-order valence-corrected chi connectivity index (χ2v) is 5.04. The van der Waals surface area contributed by atoms with Gasteiger partial charge in [-0.15, -0.1) is 0 Å². The first kappa shape index (κ1) is 9.09. The van der Waals surface area contributed by atoms with Crippen molar-refractivity contribution < 1.29 is 4.12 Å². The molecule has 0 heterocycles. The zero-order chi connectivity index (χ0) is 10.3. The van der Waals surface area contributed by atoms with E-state index in [1.807, 2.05) is 0 Å². The molecule has 0 unspecified atom stereocenters. The molecule has 2 aromatic rings. The van der Waals surface area contributed by atoms with Crippen LogP contribution in [0.5, 0.6) is 0 Å². The Morgan fingerprint density at radius 3 is 2.40 bits per heavy atom. The van der Waals surface area contributed by atoms with Crippen LogP contribution in [0.2, 0.25) is 0 Å². The summed E-state index contributed by atoms with van der Waals surface area (Å²) in [6, 6.07) is 14.9. The molecule has 69 valence electrons. The van der Waals surface area contributed by atoms with Crippen molar-refractivity contribution in [1.82, 2.24) is 0 Å². The molecule has 0 bridgehead atoms. The molecule has 1 aliphatic rings. The lowest BCUT2D eigenvalue weighted by Crippen LogP contribution is -2.22. The Morgan fingerprint density at radius 2 is 1.60 bits per heavy atom. The van der Waals surface area contributed by atoms with Crippen LogP contribution >= 0.6 is 0 Å². The van der Waals surface area contributed by atoms with E-state index in [9.17, 15) is 0 Å². The number of benzene rings is 2. The summed E-state index contributed by atoms with van der Waals surface area (Å²) < 4.78 is 5.05. The largest absolute Gasteiger partial charge is 0.454 e. The van der Waals surface area contributed by atoms with Crippen LogP contribution in [0, 0.1) is 0 Å². The minimum atomic E-state index is 0.359. The molecule has 15 heavy (non-hydrogen) atoms. The van der Waals surface area contributed by atoms with Crippen LogP contribution in [-0.4, -0.2) is 20.2 Å². The predicted molar refractivity (Wildman–Crippen MR) is 63.1 cm³/mol. The van der Waals surface area contributed by atoms with E-state index >= 15 is 0 Å². The molecule has 0 saturated heterocycles. The minimum absolute atomic E-state index is 0.359.